The summed E-state index contributed by atoms with van der Waals surface area (Å²) in [4.78, 5) is 0. The third-order valence-electron chi connectivity index (χ3n) is 4.69. The summed E-state index contributed by atoms with van der Waals surface area (Å²) in [5.74, 6) is 0. The van der Waals surface area contributed by atoms with Crippen LogP contribution in [-0.2, 0) is 0 Å². The van der Waals surface area contributed by atoms with E-state index in [0.717, 1.165) is 6.16 Å². The zero-order chi connectivity index (χ0) is 15.2. The predicted octanol–water partition coefficient (Wildman–Crippen LogP) is 5.08. The molecule has 0 amide bonds. The van der Waals surface area contributed by atoms with E-state index in [1.165, 1.54) is 0 Å². The highest BCUT2D eigenvalue weighted by molar-refractivity contribution is 7.99. The van der Waals surface area contributed by atoms with Crippen LogP contribution in [0.4, 0.5) is 0 Å². The van der Waals surface area contributed by atoms with Crippen molar-refractivity contribution >= 4 is 22.6 Å². The normalized spacial score (nSPS) is 18.6. The first kappa shape index (κ1) is 18.6. The Labute approximate surface area is 119 Å². The monoisotopic (exact) mass is 265 g/mol. The van der Waals surface area contributed by atoms with Gasteiger partial charge in [0.25, 0.3) is 0 Å². The summed E-state index contributed by atoms with van der Waals surface area (Å²) in [7, 11) is 11.9. The molecule has 0 aromatic carbocycles. The zero-order valence-corrected chi connectivity index (χ0v) is 15.2. The summed E-state index contributed by atoms with van der Waals surface area (Å²) in [6.45, 7) is 22.4. The molecule has 4 radical (unpaired) electrons. The summed E-state index contributed by atoms with van der Waals surface area (Å²) < 4.78 is 0. The first-order valence-corrected chi connectivity index (χ1v) is 8.96. The highest BCUT2D eigenvalue weighted by Gasteiger charge is 2.56. The highest BCUT2D eigenvalue weighted by Crippen LogP contribution is 2.76. The summed E-state index contributed by atoms with van der Waals surface area (Å²) in [5, 5.41) is 0.00431. The molecule has 0 aliphatic carbocycles. The fraction of sp³-hybridized carbons (Fsp3) is 1.00. The fourth-order valence-corrected chi connectivity index (χ4v) is 6.71. The van der Waals surface area contributed by atoms with Crippen molar-refractivity contribution in [2.75, 3.05) is 6.16 Å². The molecule has 0 aromatic rings. The van der Waals surface area contributed by atoms with Gasteiger partial charge in [0.2, 0.25) is 0 Å². The minimum absolute atomic E-state index is 0.0636. The first-order valence-electron chi connectivity index (χ1n) is 6.91. The molecule has 0 bridgehead atoms. The van der Waals surface area contributed by atoms with E-state index in [1.54, 1.807) is 0 Å². The van der Waals surface area contributed by atoms with Crippen molar-refractivity contribution in [2.24, 2.45) is 5.41 Å². The van der Waals surface area contributed by atoms with Gasteiger partial charge >= 0.3 is 7.57 Å². The average molecular weight is 265 g/mol. The Kier molecular flexibility index (Phi) is 4.99. The molecular weight excluding hydrogens is 233 g/mol. The molecule has 0 N–H and O–H groups in total. The lowest BCUT2D eigenvalue weighted by molar-refractivity contribution is 0.304. The van der Waals surface area contributed by atoms with Gasteiger partial charge in [0.15, 0.2) is 0 Å². The van der Waals surface area contributed by atoms with Crippen LogP contribution in [0.1, 0.15) is 69.2 Å². The van der Waals surface area contributed by atoms with E-state index in [0.29, 0.717) is 0 Å². The molecule has 102 valence electrons. The van der Waals surface area contributed by atoms with Gasteiger partial charge in [0.1, 0.15) is 0 Å². The van der Waals surface area contributed by atoms with Crippen LogP contribution in [0.15, 0.2) is 0 Å². The molecule has 18 heavy (non-hydrogen) atoms. The van der Waals surface area contributed by atoms with Crippen LogP contribution in [0.2, 0.25) is 5.31 Å². The molecule has 0 fully saturated rings. The fourth-order valence-electron chi connectivity index (χ4n) is 2.24. The summed E-state index contributed by atoms with van der Waals surface area (Å²) in [6, 6.07) is 0. The van der Waals surface area contributed by atoms with E-state index >= 15 is 0 Å². The second-order valence-corrected chi connectivity index (χ2v) is 13.8. The molecule has 0 unspecified atom stereocenters. The van der Waals surface area contributed by atoms with Crippen LogP contribution in [0.25, 0.3) is 0 Å². The zero-order valence-electron chi connectivity index (χ0n) is 14.3. The Morgan fingerprint density at radius 2 is 1.00 bits per heavy atom. The standard InChI is InChI=1S/C15H32B2P/c1-12(2,3)15(10,16)11-18(17,13(4,5)6)14(7,8)9/h11H2,1-10H3/q+1/t15-/m0/s1. The van der Waals surface area contributed by atoms with Crippen molar-refractivity contribution in [3.63, 3.8) is 0 Å². The molecule has 0 saturated heterocycles. The molecule has 3 heteroatoms. The maximum atomic E-state index is 6.97. The van der Waals surface area contributed by atoms with Crippen molar-refractivity contribution < 1.29 is 0 Å². The van der Waals surface area contributed by atoms with Crippen LogP contribution >= 0.6 is 7.14 Å². The molecule has 0 saturated carbocycles. The minimum Gasteiger partial charge on any atom is -0.0638 e. The first-order chi connectivity index (χ1) is 7.46. The second kappa shape index (κ2) is 4.83. The third-order valence-corrected chi connectivity index (χ3v) is 10.6. The van der Waals surface area contributed by atoms with Gasteiger partial charge in [-0.1, -0.05) is 27.7 Å². The van der Waals surface area contributed by atoms with E-state index in [2.05, 4.69) is 69.2 Å². The third kappa shape index (κ3) is 3.56. The molecule has 0 rings (SSSR count). The molecule has 0 heterocycles. The molecule has 0 aliphatic heterocycles. The topological polar surface area (TPSA) is 0 Å². The molecular formula is C15H32B2P+. The number of rotatable bonds is 2. The Hall–Kier alpha value is 0.560. The number of hydrogen-bond donors (Lipinski definition) is 0. The molecule has 0 nitrogen and oxygen atoms in total. The Morgan fingerprint density at radius 1 is 0.722 bits per heavy atom. The van der Waals surface area contributed by atoms with Crippen LogP contribution < -0.4 is 0 Å². The van der Waals surface area contributed by atoms with Gasteiger partial charge in [-0.25, -0.2) is 0 Å². The van der Waals surface area contributed by atoms with Gasteiger partial charge in [-0.3, -0.25) is 0 Å². The van der Waals surface area contributed by atoms with Crippen molar-refractivity contribution in [2.45, 2.75) is 84.9 Å². The van der Waals surface area contributed by atoms with Crippen molar-refractivity contribution in [3.8, 4) is 0 Å². The lowest BCUT2D eigenvalue weighted by atomic mass is 9.57. The van der Waals surface area contributed by atoms with Gasteiger partial charge in [0, 0.05) is 6.16 Å². The number of hydrogen-bond acceptors (Lipinski definition) is 0. The summed E-state index contributed by atoms with van der Waals surface area (Å²) >= 11 is 0. The predicted molar refractivity (Wildman–Crippen MR) is 90.6 cm³/mol. The van der Waals surface area contributed by atoms with Crippen LogP contribution in [0, 0.1) is 5.41 Å². The second-order valence-electron chi connectivity index (χ2n) is 9.04. The van der Waals surface area contributed by atoms with Gasteiger partial charge in [-0.15, -0.1) is 0 Å². The van der Waals surface area contributed by atoms with Gasteiger partial charge in [-0.2, -0.15) is 0 Å². The van der Waals surface area contributed by atoms with E-state index < -0.39 is 7.14 Å². The van der Waals surface area contributed by atoms with Crippen LogP contribution in [0.3, 0.4) is 0 Å². The van der Waals surface area contributed by atoms with Gasteiger partial charge in [0.05, 0.1) is 18.2 Å². The van der Waals surface area contributed by atoms with Gasteiger partial charge < -0.3 is 0 Å². The molecule has 0 aliphatic rings. The molecule has 0 aromatic heterocycles. The Bertz CT molecular complexity index is 273. The Morgan fingerprint density at radius 3 is 1.17 bits per heavy atom. The van der Waals surface area contributed by atoms with Crippen molar-refractivity contribution in [3.05, 3.63) is 0 Å². The van der Waals surface area contributed by atoms with E-state index in [9.17, 15) is 0 Å². The smallest absolute Gasteiger partial charge is 0.0638 e. The maximum Gasteiger partial charge on any atom is 0.366 e. The van der Waals surface area contributed by atoms with Gasteiger partial charge in [-0.05, 0) is 59.4 Å². The van der Waals surface area contributed by atoms with Crippen molar-refractivity contribution in [1.82, 2.24) is 0 Å². The highest BCUT2D eigenvalue weighted by atomic mass is 31.2. The molecule has 0 spiro atoms. The molecule has 1 atom stereocenters. The van der Waals surface area contributed by atoms with E-state index in [1.807, 2.05) is 0 Å². The SMILES string of the molecule is [B][C@@](C)(C[P+]([B])(C(C)(C)C)C(C)(C)C)C(C)(C)C. The van der Waals surface area contributed by atoms with Crippen LogP contribution in [-0.4, -0.2) is 31.9 Å². The quantitative estimate of drug-likeness (QED) is 0.482. The Balaban J connectivity index is 5.58. The van der Waals surface area contributed by atoms with Crippen molar-refractivity contribution in [1.29, 1.82) is 0 Å². The minimum atomic E-state index is -1.68. The summed E-state index contributed by atoms with van der Waals surface area (Å²) in [6.07, 6.45) is 0.927. The summed E-state index contributed by atoms with van der Waals surface area (Å²) in [5.41, 5.74) is 0.0636. The maximum absolute atomic E-state index is 6.97. The van der Waals surface area contributed by atoms with E-state index in [-0.39, 0.29) is 21.0 Å². The largest absolute Gasteiger partial charge is 0.366 e. The van der Waals surface area contributed by atoms with E-state index in [4.69, 9.17) is 15.4 Å². The lowest BCUT2D eigenvalue weighted by Gasteiger charge is -2.52. The van der Waals surface area contributed by atoms with Crippen LogP contribution in [0.5, 0.6) is 0 Å². The lowest BCUT2D eigenvalue weighted by Crippen LogP contribution is -2.42. The average Bonchev–Trinajstić information content (AvgIpc) is 1.95.